The number of benzene rings is 1. The van der Waals surface area contributed by atoms with E-state index in [0.29, 0.717) is 5.75 Å². The summed E-state index contributed by atoms with van der Waals surface area (Å²) in [6.07, 6.45) is -0.821. The highest BCUT2D eigenvalue weighted by Crippen LogP contribution is 2.11. The Hall–Kier alpha value is -1.66. The van der Waals surface area contributed by atoms with E-state index in [-0.39, 0.29) is 30.9 Å². The van der Waals surface area contributed by atoms with Crippen molar-refractivity contribution in [1.82, 2.24) is 10.2 Å². The van der Waals surface area contributed by atoms with Gasteiger partial charge < -0.3 is 15.2 Å². The number of carbonyl (C=O) groups excluding carboxylic acids is 1. The average Bonchev–Trinajstić information content (AvgIpc) is 2.43. The summed E-state index contributed by atoms with van der Waals surface area (Å²) in [6.45, 7) is 1.91. The van der Waals surface area contributed by atoms with Gasteiger partial charge in [0.1, 0.15) is 24.3 Å². The fourth-order valence-electron chi connectivity index (χ4n) is 1.38. The molecule has 0 spiro atoms. The first-order valence-electron chi connectivity index (χ1n) is 6.40. The maximum absolute atomic E-state index is 12.7. The van der Waals surface area contributed by atoms with Crippen molar-refractivity contribution >= 4 is 5.91 Å². The highest BCUT2D eigenvalue weighted by molar-refractivity contribution is 5.81. The molecule has 1 aromatic carbocycles. The minimum Gasteiger partial charge on any atom is -0.491 e. The highest BCUT2D eigenvalue weighted by Gasteiger charge is 2.15. The summed E-state index contributed by atoms with van der Waals surface area (Å²) in [5.74, 6) is -0.0305. The highest BCUT2D eigenvalue weighted by atomic mass is 19.1. The summed E-state index contributed by atoms with van der Waals surface area (Å²) in [7, 11) is 3.61. The molecule has 0 heterocycles. The fourth-order valence-corrected chi connectivity index (χ4v) is 1.38. The SMILES string of the molecule is C[C@@H](C(=O)NCC(O)COc1ccc(F)cc1)N(C)C. The topological polar surface area (TPSA) is 61.8 Å². The summed E-state index contributed by atoms with van der Waals surface area (Å²) in [4.78, 5) is 13.4. The third-order valence-corrected chi connectivity index (χ3v) is 2.92. The van der Waals surface area contributed by atoms with E-state index in [1.54, 1.807) is 25.9 Å². The number of hydrogen-bond acceptors (Lipinski definition) is 4. The zero-order valence-corrected chi connectivity index (χ0v) is 12.0. The number of rotatable bonds is 7. The molecule has 0 radical (unpaired) electrons. The Labute approximate surface area is 118 Å². The van der Waals surface area contributed by atoms with Crippen LogP contribution < -0.4 is 10.1 Å². The predicted octanol–water partition coefficient (Wildman–Crippen LogP) is 0.632. The average molecular weight is 284 g/mol. The number of aliphatic hydroxyl groups is 1. The van der Waals surface area contributed by atoms with E-state index >= 15 is 0 Å². The molecule has 6 heteroatoms. The van der Waals surface area contributed by atoms with Gasteiger partial charge in [-0.1, -0.05) is 0 Å². The lowest BCUT2D eigenvalue weighted by Gasteiger charge is -2.20. The molecule has 1 rings (SSSR count). The summed E-state index contributed by atoms with van der Waals surface area (Å²) in [5, 5.41) is 12.3. The smallest absolute Gasteiger partial charge is 0.237 e. The Morgan fingerprint density at radius 3 is 2.55 bits per heavy atom. The molecule has 20 heavy (non-hydrogen) atoms. The second kappa shape index (κ2) is 7.81. The molecule has 112 valence electrons. The molecule has 0 saturated heterocycles. The van der Waals surface area contributed by atoms with Crippen LogP contribution in [0.5, 0.6) is 5.75 Å². The van der Waals surface area contributed by atoms with Gasteiger partial charge in [0, 0.05) is 6.54 Å². The van der Waals surface area contributed by atoms with Gasteiger partial charge in [-0.3, -0.25) is 9.69 Å². The number of aliphatic hydroxyl groups excluding tert-OH is 1. The van der Waals surface area contributed by atoms with E-state index < -0.39 is 6.10 Å². The van der Waals surface area contributed by atoms with Crippen molar-refractivity contribution in [3.8, 4) is 5.75 Å². The lowest BCUT2D eigenvalue weighted by molar-refractivity contribution is -0.125. The van der Waals surface area contributed by atoms with Gasteiger partial charge in [0.2, 0.25) is 5.91 Å². The van der Waals surface area contributed by atoms with Gasteiger partial charge in [-0.2, -0.15) is 0 Å². The van der Waals surface area contributed by atoms with Crippen LogP contribution in [0.4, 0.5) is 4.39 Å². The van der Waals surface area contributed by atoms with E-state index in [9.17, 15) is 14.3 Å². The van der Waals surface area contributed by atoms with Crippen LogP contribution in [0.3, 0.4) is 0 Å². The van der Waals surface area contributed by atoms with E-state index in [1.165, 1.54) is 24.3 Å². The molecule has 0 bridgehead atoms. The number of likely N-dealkylation sites (N-methyl/N-ethyl adjacent to an activating group) is 1. The van der Waals surface area contributed by atoms with E-state index in [4.69, 9.17) is 4.74 Å². The first-order chi connectivity index (χ1) is 9.40. The van der Waals surface area contributed by atoms with Crippen LogP contribution >= 0.6 is 0 Å². The molecule has 0 saturated carbocycles. The Bertz CT molecular complexity index is 423. The predicted molar refractivity (Wildman–Crippen MR) is 74.1 cm³/mol. The normalized spacial score (nSPS) is 13.9. The molecule has 0 aliphatic carbocycles. The molecule has 1 aromatic rings. The standard InChI is InChI=1S/C14H21FN2O3/c1-10(17(2)3)14(19)16-8-12(18)9-20-13-6-4-11(15)5-7-13/h4-7,10,12,18H,8-9H2,1-3H3,(H,16,19)/t10-,12?/m0/s1. The van der Waals surface area contributed by atoms with Gasteiger partial charge in [0.05, 0.1) is 6.04 Å². The van der Waals surface area contributed by atoms with E-state index in [0.717, 1.165) is 0 Å². The van der Waals surface area contributed by atoms with Crippen molar-refractivity contribution in [2.24, 2.45) is 0 Å². The molecule has 0 aliphatic heterocycles. The zero-order chi connectivity index (χ0) is 15.1. The van der Waals surface area contributed by atoms with Gasteiger partial charge in [-0.25, -0.2) is 4.39 Å². The largest absolute Gasteiger partial charge is 0.491 e. The summed E-state index contributed by atoms with van der Waals surface area (Å²) in [6, 6.07) is 5.26. The number of halogens is 1. The lowest BCUT2D eigenvalue weighted by Crippen LogP contribution is -2.44. The Kier molecular flexibility index (Phi) is 6.41. The van der Waals surface area contributed by atoms with Crippen LogP contribution in [0.15, 0.2) is 24.3 Å². The van der Waals surface area contributed by atoms with Gasteiger partial charge in [-0.05, 0) is 45.3 Å². The minimum absolute atomic E-state index is 0.0300. The first-order valence-corrected chi connectivity index (χ1v) is 6.40. The number of amides is 1. The van der Waals surface area contributed by atoms with Crippen molar-refractivity contribution < 1.29 is 19.0 Å². The van der Waals surface area contributed by atoms with Crippen LogP contribution in [0.1, 0.15) is 6.92 Å². The molecular weight excluding hydrogens is 263 g/mol. The monoisotopic (exact) mass is 284 g/mol. The maximum Gasteiger partial charge on any atom is 0.237 e. The minimum atomic E-state index is -0.821. The molecule has 2 atom stereocenters. The third kappa shape index (κ3) is 5.54. The van der Waals surface area contributed by atoms with Crippen LogP contribution in [-0.2, 0) is 4.79 Å². The number of hydrogen-bond donors (Lipinski definition) is 2. The van der Waals surface area contributed by atoms with Gasteiger partial charge in [0.25, 0.3) is 0 Å². The van der Waals surface area contributed by atoms with Crippen molar-refractivity contribution in [2.75, 3.05) is 27.2 Å². The summed E-state index contributed by atoms with van der Waals surface area (Å²) < 4.78 is 18.0. The third-order valence-electron chi connectivity index (χ3n) is 2.92. The Balaban J connectivity index is 2.28. The van der Waals surface area contributed by atoms with Crippen LogP contribution in [-0.4, -0.2) is 55.3 Å². The quantitative estimate of drug-likeness (QED) is 0.771. The zero-order valence-electron chi connectivity index (χ0n) is 12.0. The molecule has 2 N–H and O–H groups in total. The number of nitrogens with zero attached hydrogens (tertiary/aromatic N) is 1. The van der Waals surface area contributed by atoms with Crippen molar-refractivity contribution in [3.63, 3.8) is 0 Å². The Morgan fingerprint density at radius 2 is 2.00 bits per heavy atom. The van der Waals surface area contributed by atoms with Gasteiger partial charge in [0.15, 0.2) is 0 Å². The van der Waals surface area contributed by atoms with Crippen LogP contribution in [0, 0.1) is 5.82 Å². The summed E-state index contributed by atoms with van der Waals surface area (Å²) >= 11 is 0. The molecule has 1 unspecified atom stereocenters. The van der Waals surface area contributed by atoms with Crippen LogP contribution in [0.25, 0.3) is 0 Å². The second-order valence-corrected chi connectivity index (χ2v) is 4.80. The number of nitrogens with one attached hydrogen (secondary N) is 1. The van der Waals surface area contributed by atoms with E-state index in [1.807, 2.05) is 0 Å². The number of carbonyl (C=O) groups is 1. The Morgan fingerprint density at radius 1 is 1.40 bits per heavy atom. The molecule has 0 fully saturated rings. The van der Waals surface area contributed by atoms with Gasteiger partial charge >= 0.3 is 0 Å². The molecule has 0 aliphatic rings. The van der Waals surface area contributed by atoms with E-state index in [2.05, 4.69) is 5.32 Å². The molecule has 5 nitrogen and oxygen atoms in total. The molecular formula is C14H21FN2O3. The summed E-state index contributed by atoms with van der Waals surface area (Å²) in [5.41, 5.74) is 0. The lowest BCUT2D eigenvalue weighted by atomic mass is 10.3. The molecule has 1 amide bonds. The first kappa shape index (κ1) is 16.4. The maximum atomic E-state index is 12.7. The fraction of sp³-hybridized carbons (Fsp3) is 0.500. The molecule has 0 aromatic heterocycles. The van der Waals surface area contributed by atoms with Crippen molar-refractivity contribution in [1.29, 1.82) is 0 Å². The van der Waals surface area contributed by atoms with Crippen molar-refractivity contribution in [2.45, 2.75) is 19.1 Å². The van der Waals surface area contributed by atoms with Crippen LogP contribution in [0.2, 0.25) is 0 Å². The number of ether oxygens (including phenoxy) is 1. The van der Waals surface area contributed by atoms with Crippen molar-refractivity contribution in [3.05, 3.63) is 30.1 Å². The van der Waals surface area contributed by atoms with Gasteiger partial charge in [-0.15, -0.1) is 0 Å². The second-order valence-electron chi connectivity index (χ2n) is 4.80.